The molecular weight excluding hydrogens is 435 g/mol. The first-order valence-electron chi connectivity index (χ1n) is 8.46. The molecule has 0 saturated carbocycles. The number of hydrogen-bond donors (Lipinski definition) is 2. The van der Waals surface area contributed by atoms with Crippen molar-refractivity contribution in [3.05, 3.63) is 92.9 Å². The number of carbonyl (C=O) groups is 2. The number of urea groups is 1. The third-order valence-electron chi connectivity index (χ3n) is 3.86. The second-order valence-electron chi connectivity index (χ2n) is 5.94. The van der Waals surface area contributed by atoms with Crippen LogP contribution in [-0.2, 0) is 6.61 Å². The standard InChI is InChI=1S/C21H15Cl3N2O3/c22-14-6-9-16(10-7-14)29-12-13-5-8-15(11-19(13)24)25-21(28)26-20(27)17-3-1-2-4-18(17)23/h1-11H,12H2,(H2,25,26,27,28). The maximum atomic E-state index is 12.1. The molecule has 148 valence electrons. The fraction of sp³-hybridized carbons (Fsp3) is 0.0476. The van der Waals surface area contributed by atoms with Gasteiger partial charge >= 0.3 is 6.03 Å². The molecule has 0 spiro atoms. The fourth-order valence-electron chi connectivity index (χ4n) is 2.41. The topological polar surface area (TPSA) is 67.4 Å². The Bertz CT molecular complexity index is 1040. The van der Waals surface area contributed by atoms with Crippen molar-refractivity contribution in [2.45, 2.75) is 6.61 Å². The maximum absolute atomic E-state index is 12.1. The predicted octanol–water partition coefficient (Wildman–Crippen LogP) is 6.19. The minimum absolute atomic E-state index is 0.206. The van der Waals surface area contributed by atoms with Crippen LogP contribution in [0.5, 0.6) is 5.75 Å². The third kappa shape index (κ3) is 5.87. The Morgan fingerprint density at radius 3 is 2.28 bits per heavy atom. The molecule has 2 N–H and O–H groups in total. The lowest BCUT2D eigenvalue weighted by Gasteiger charge is -2.11. The van der Waals surface area contributed by atoms with Gasteiger partial charge in [-0.3, -0.25) is 10.1 Å². The van der Waals surface area contributed by atoms with E-state index < -0.39 is 11.9 Å². The van der Waals surface area contributed by atoms with Gasteiger partial charge in [0, 0.05) is 21.3 Å². The molecule has 29 heavy (non-hydrogen) atoms. The zero-order valence-corrected chi connectivity index (χ0v) is 17.2. The molecule has 0 aliphatic carbocycles. The Kier molecular flexibility index (Phi) is 6.99. The van der Waals surface area contributed by atoms with Crippen molar-refractivity contribution in [2.75, 3.05) is 5.32 Å². The molecule has 0 atom stereocenters. The number of carbonyl (C=O) groups excluding carboxylic acids is 2. The second-order valence-corrected chi connectivity index (χ2v) is 7.19. The first-order chi connectivity index (χ1) is 13.9. The first kappa shape index (κ1) is 21.0. The molecule has 0 saturated heterocycles. The van der Waals surface area contributed by atoms with Gasteiger partial charge in [0.1, 0.15) is 12.4 Å². The Hall–Kier alpha value is -2.73. The molecule has 0 aliphatic rings. The molecule has 3 aromatic carbocycles. The molecular formula is C21H15Cl3N2O3. The van der Waals surface area contributed by atoms with Crippen LogP contribution < -0.4 is 15.4 Å². The van der Waals surface area contributed by atoms with Gasteiger partial charge < -0.3 is 10.1 Å². The monoisotopic (exact) mass is 448 g/mol. The normalized spacial score (nSPS) is 10.3. The number of rotatable bonds is 5. The summed E-state index contributed by atoms with van der Waals surface area (Å²) in [4.78, 5) is 24.2. The quantitative estimate of drug-likeness (QED) is 0.488. The summed E-state index contributed by atoms with van der Waals surface area (Å²) in [6, 6.07) is 17.7. The van der Waals surface area contributed by atoms with E-state index in [1.807, 2.05) is 0 Å². The first-order valence-corrected chi connectivity index (χ1v) is 9.59. The minimum Gasteiger partial charge on any atom is -0.489 e. The van der Waals surface area contributed by atoms with E-state index in [1.165, 1.54) is 6.07 Å². The molecule has 0 aromatic heterocycles. The van der Waals surface area contributed by atoms with Gasteiger partial charge in [0.15, 0.2) is 0 Å². The number of imide groups is 1. The van der Waals surface area contributed by atoms with E-state index in [1.54, 1.807) is 60.7 Å². The summed E-state index contributed by atoms with van der Waals surface area (Å²) in [7, 11) is 0. The number of nitrogens with one attached hydrogen (secondary N) is 2. The van der Waals surface area contributed by atoms with Crippen LogP contribution in [0.3, 0.4) is 0 Å². The Balaban J connectivity index is 1.58. The van der Waals surface area contributed by atoms with Gasteiger partial charge in [0.25, 0.3) is 5.91 Å². The maximum Gasteiger partial charge on any atom is 0.326 e. The summed E-state index contributed by atoms with van der Waals surface area (Å²) in [6.45, 7) is 0.248. The van der Waals surface area contributed by atoms with Crippen LogP contribution in [0.15, 0.2) is 66.7 Å². The lowest BCUT2D eigenvalue weighted by Crippen LogP contribution is -2.34. The molecule has 0 unspecified atom stereocenters. The van der Waals surface area contributed by atoms with Crippen molar-refractivity contribution in [2.24, 2.45) is 0 Å². The molecule has 0 fully saturated rings. The van der Waals surface area contributed by atoms with Crippen LogP contribution >= 0.6 is 34.8 Å². The lowest BCUT2D eigenvalue weighted by atomic mass is 10.2. The molecule has 8 heteroatoms. The van der Waals surface area contributed by atoms with Gasteiger partial charge in [0.05, 0.1) is 10.6 Å². The van der Waals surface area contributed by atoms with Crippen molar-refractivity contribution in [1.82, 2.24) is 5.32 Å². The number of hydrogen-bond acceptors (Lipinski definition) is 3. The molecule has 0 heterocycles. The van der Waals surface area contributed by atoms with Gasteiger partial charge in [-0.2, -0.15) is 0 Å². The van der Waals surface area contributed by atoms with Crippen molar-refractivity contribution >= 4 is 52.4 Å². The van der Waals surface area contributed by atoms with Gasteiger partial charge in [-0.15, -0.1) is 0 Å². The Morgan fingerprint density at radius 2 is 1.59 bits per heavy atom. The SMILES string of the molecule is O=C(NC(=O)c1ccccc1Cl)Nc1ccc(COc2ccc(Cl)cc2)c(Cl)c1. The Morgan fingerprint density at radius 1 is 0.862 bits per heavy atom. The van der Waals surface area contributed by atoms with Gasteiger partial charge in [-0.05, 0) is 48.5 Å². The average Bonchev–Trinajstić information content (AvgIpc) is 2.69. The summed E-state index contributed by atoms with van der Waals surface area (Å²) >= 11 is 18.1. The molecule has 3 amide bonds. The highest BCUT2D eigenvalue weighted by Gasteiger charge is 2.13. The fourth-order valence-corrected chi connectivity index (χ4v) is 2.99. The van der Waals surface area contributed by atoms with Crippen LogP contribution in [-0.4, -0.2) is 11.9 Å². The highest BCUT2D eigenvalue weighted by molar-refractivity contribution is 6.34. The van der Waals surface area contributed by atoms with Gasteiger partial charge in [0.2, 0.25) is 0 Å². The van der Waals surface area contributed by atoms with Gasteiger partial charge in [-0.25, -0.2) is 4.79 Å². The van der Waals surface area contributed by atoms with Crippen molar-refractivity contribution in [1.29, 1.82) is 0 Å². The largest absolute Gasteiger partial charge is 0.489 e. The van der Waals surface area contributed by atoms with E-state index in [9.17, 15) is 9.59 Å². The average molecular weight is 450 g/mol. The molecule has 0 radical (unpaired) electrons. The second kappa shape index (κ2) is 9.65. The highest BCUT2D eigenvalue weighted by Crippen LogP contribution is 2.23. The number of amides is 3. The summed E-state index contributed by atoms with van der Waals surface area (Å²) in [6.07, 6.45) is 0. The molecule has 3 rings (SSSR count). The number of anilines is 1. The van der Waals surface area contributed by atoms with Crippen molar-refractivity contribution in [3.63, 3.8) is 0 Å². The predicted molar refractivity (Wildman–Crippen MR) is 115 cm³/mol. The highest BCUT2D eigenvalue weighted by atomic mass is 35.5. The summed E-state index contributed by atoms with van der Waals surface area (Å²) in [5.41, 5.74) is 1.37. The van der Waals surface area contributed by atoms with E-state index in [-0.39, 0.29) is 17.2 Å². The zero-order chi connectivity index (χ0) is 20.8. The zero-order valence-electron chi connectivity index (χ0n) is 14.9. The number of halogens is 3. The smallest absolute Gasteiger partial charge is 0.326 e. The molecule has 3 aromatic rings. The van der Waals surface area contributed by atoms with E-state index >= 15 is 0 Å². The summed E-state index contributed by atoms with van der Waals surface area (Å²) in [5, 5.41) is 6.06. The van der Waals surface area contributed by atoms with Crippen LogP contribution in [0.4, 0.5) is 10.5 Å². The lowest BCUT2D eigenvalue weighted by molar-refractivity contribution is 0.0967. The van der Waals surface area contributed by atoms with Crippen LogP contribution in [0.1, 0.15) is 15.9 Å². The van der Waals surface area contributed by atoms with Crippen LogP contribution in [0.2, 0.25) is 15.1 Å². The molecule has 0 bridgehead atoms. The van der Waals surface area contributed by atoms with Crippen LogP contribution in [0, 0.1) is 0 Å². The van der Waals surface area contributed by atoms with Crippen LogP contribution in [0.25, 0.3) is 0 Å². The van der Waals surface area contributed by atoms with Crippen molar-refractivity contribution in [3.8, 4) is 5.75 Å². The summed E-state index contributed by atoms with van der Waals surface area (Å²) in [5.74, 6) is 0.0531. The molecule has 5 nitrogen and oxygen atoms in total. The minimum atomic E-state index is -0.698. The Labute approximate surface area is 182 Å². The van der Waals surface area contributed by atoms with E-state index in [4.69, 9.17) is 39.5 Å². The van der Waals surface area contributed by atoms with E-state index in [0.717, 1.165) is 5.56 Å². The van der Waals surface area contributed by atoms with E-state index in [0.29, 0.717) is 21.5 Å². The number of ether oxygens (including phenoxy) is 1. The van der Waals surface area contributed by atoms with E-state index in [2.05, 4.69) is 10.6 Å². The van der Waals surface area contributed by atoms with Crippen molar-refractivity contribution < 1.29 is 14.3 Å². The summed E-state index contributed by atoms with van der Waals surface area (Å²) < 4.78 is 5.66. The third-order valence-corrected chi connectivity index (χ3v) is 4.80. The molecule has 0 aliphatic heterocycles. The van der Waals surface area contributed by atoms with Gasteiger partial charge in [-0.1, -0.05) is 53.0 Å². The number of benzene rings is 3.